The number of fused-ring (bicyclic) bond motifs is 2. The number of hydrogen-bond donors (Lipinski definition) is 0. The Hall–Kier alpha value is -1.39. The summed E-state index contributed by atoms with van der Waals surface area (Å²) in [6, 6.07) is 0.830. The minimum absolute atomic E-state index is 0.0525. The first kappa shape index (κ1) is 22.8. The molecule has 11 heteroatoms. The molecule has 2 saturated carbocycles. The highest BCUT2D eigenvalue weighted by atomic mass is 35.5. The number of piperazine rings is 1. The fourth-order valence-electron chi connectivity index (χ4n) is 5.51. The lowest BCUT2D eigenvalue weighted by atomic mass is 9.70. The van der Waals surface area contributed by atoms with Crippen molar-refractivity contribution < 1.29 is 26.4 Å². The number of halogens is 4. The molecule has 0 N–H and O–H groups in total. The summed E-state index contributed by atoms with van der Waals surface area (Å²) in [7, 11) is -3.67. The Morgan fingerprint density at radius 1 is 1.23 bits per heavy atom. The predicted molar refractivity (Wildman–Crippen MR) is 110 cm³/mol. The number of sulfonamides is 1. The van der Waals surface area contributed by atoms with E-state index < -0.39 is 27.2 Å². The molecule has 3 aliphatic rings. The molecule has 1 aromatic rings. The summed E-state index contributed by atoms with van der Waals surface area (Å²) >= 11 is 6.02. The maximum absolute atomic E-state index is 13.2. The van der Waals surface area contributed by atoms with E-state index in [-0.39, 0.29) is 59.9 Å². The van der Waals surface area contributed by atoms with Crippen LogP contribution in [0, 0.1) is 16.7 Å². The largest absolute Gasteiger partial charge is 0.417 e. The van der Waals surface area contributed by atoms with E-state index in [9.17, 15) is 26.4 Å². The molecular weight excluding hydrogens is 455 g/mol. The van der Waals surface area contributed by atoms with Gasteiger partial charge >= 0.3 is 6.18 Å². The first-order valence-electron chi connectivity index (χ1n) is 10.3. The number of pyridine rings is 1. The van der Waals surface area contributed by atoms with E-state index in [1.807, 2.05) is 13.8 Å². The average molecular weight is 480 g/mol. The molecular formula is C20H25ClF3N3O3S. The van der Waals surface area contributed by atoms with Gasteiger partial charge in [-0.15, -0.1) is 0 Å². The number of carbonyl (C=O) groups is 1. The third-order valence-electron chi connectivity index (χ3n) is 7.65. The molecule has 2 atom stereocenters. The molecule has 0 spiro atoms. The second-order valence-electron chi connectivity index (χ2n) is 9.34. The Morgan fingerprint density at radius 2 is 1.87 bits per heavy atom. The van der Waals surface area contributed by atoms with Crippen molar-refractivity contribution in [2.24, 2.45) is 16.7 Å². The first-order valence-corrected chi connectivity index (χ1v) is 12.3. The fourth-order valence-corrected chi connectivity index (χ4v) is 8.00. The molecule has 0 radical (unpaired) electrons. The van der Waals surface area contributed by atoms with Crippen LogP contribution in [0.2, 0.25) is 5.02 Å². The molecule has 3 fully saturated rings. The second kappa shape index (κ2) is 7.31. The fraction of sp³-hybridized carbons (Fsp3) is 0.700. The summed E-state index contributed by atoms with van der Waals surface area (Å²) in [4.78, 5) is 18.3. The van der Waals surface area contributed by atoms with Gasteiger partial charge in [0.1, 0.15) is 11.6 Å². The summed E-state index contributed by atoms with van der Waals surface area (Å²) in [6.07, 6.45) is -1.87. The molecule has 0 unspecified atom stereocenters. The van der Waals surface area contributed by atoms with Crippen LogP contribution in [0.5, 0.6) is 0 Å². The van der Waals surface area contributed by atoms with Crippen LogP contribution in [0.1, 0.15) is 38.7 Å². The Morgan fingerprint density at radius 3 is 2.35 bits per heavy atom. The Bertz CT molecular complexity index is 1010. The van der Waals surface area contributed by atoms with Gasteiger partial charge in [0.25, 0.3) is 0 Å². The van der Waals surface area contributed by atoms with Gasteiger partial charge in [0.05, 0.1) is 16.3 Å². The van der Waals surface area contributed by atoms with E-state index in [0.717, 1.165) is 18.7 Å². The molecule has 1 saturated heterocycles. The van der Waals surface area contributed by atoms with Crippen LogP contribution in [0.25, 0.3) is 0 Å². The van der Waals surface area contributed by atoms with Crippen LogP contribution in [0.3, 0.4) is 0 Å². The third-order valence-corrected chi connectivity index (χ3v) is 9.94. The van der Waals surface area contributed by atoms with E-state index in [1.54, 1.807) is 4.90 Å². The van der Waals surface area contributed by atoms with Gasteiger partial charge in [0.15, 0.2) is 0 Å². The van der Waals surface area contributed by atoms with Gasteiger partial charge in [0, 0.05) is 44.2 Å². The van der Waals surface area contributed by atoms with E-state index in [4.69, 9.17) is 11.6 Å². The molecule has 31 heavy (non-hydrogen) atoms. The number of anilines is 1. The van der Waals surface area contributed by atoms with E-state index in [1.165, 1.54) is 4.31 Å². The summed E-state index contributed by atoms with van der Waals surface area (Å²) < 4.78 is 66.3. The quantitative estimate of drug-likeness (QED) is 0.660. The van der Waals surface area contributed by atoms with Crippen LogP contribution in [-0.4, -0.2) is 55.4 Å². The van der Waals surface area contributed by atoms with Crippen LogP contribution in [-0.2, 0) is 21.0 Å². The minimum atomic E-state index is -4.54. The van der Waals surface area contributed by atoms with Crippen molar-refractivity contribution in [2.75, 3.05) is 36.8 Å². The molecule has 2 heterocycles. The normalized spacial score (nSPS) is 29.0. The molecule has 0 aromatic carbocycles. The lowest BCUT2D eigenvalue weighted by Crippen LogP contribution is -2.53. The molecule has 0 amide bonds. The van der Waals surface area contributed by atoms with Gasteiger partial charge < -0.3 is 4.90 Å². The predicted octanol–water partition coefficient (Wildman–Crippen LogP) is 3.60. The molecule has 4 rings (SSSR count). The number of nitrogens with zero attached hydrogens (tertiary/aromatic N) is 3. The molecule has 1 aliphatic heterocycles. The van der Waals surface area contributed by atoms with Crippen molar-refractivity contribution in [3.05, 3.63) is 22.8 Å². The number of carbonyl (C=O) groups excluding carboxylic acids is 1. The highest BCUT2D eigenvalue weighted by Gasteiger charge is 2.65. The monoisotopic (exact) mass is 479 g/mol. The van der Waals surface area contributed by atoms with Gasteiger partial charge in [-0.3, -0.25) is 4.79 Å². The summed E-state index contributed by atoms with van der Waals surface area (Å²) in [5, 5.41) is -0.125. The zero-order valence-corrected chi connectivity index (χ0v) is 18.9. The lowest BCUT2D eigenvalue weighted by Gasteiger charge is -2.40. The Kier molecular flexibility index (Phi) is 5.38. The number of ketones is 1. The van der Waals surface area contributed by atoms with Crippen molar-refractivity contribution in [1.82, 2.24) is 9.29 Å². The zero-order valence-electron chi connectivity index (χ0n) is 17.4. The maximum Gasteiger partial charge on any atom is 0.417 e. The van der Waals surface area contributed by atoms with Crippen molar-refractivity contribution in [3.63, 3.8) is 0 Å². The second-order valence-corrected chi connectivity index (χ2v) is 11.7. The number of rotatable bonds is 4. The van der Waals surface area contributed by atoms with E-state index in [2.05, 4.69) is 4.98 Å². The Labute approximate surface area is 184 Å². The van der Waals surface area contributed by atoms with Crippen molar-refractivity contribution in [1.29, 1.82) is 0 Å². The smallest absolute Gasteiger partial charge is 0.353 e. The van der Waals surface area contributed by atoms with Crippen molar-refractivity contribution >= 4 is 33.2 Å². The van der Waals surface area contributed by atoms with Gasteiger partial charge in [-0.25, -0.2) is 13.4 Å². The molecule has 1 aromatic heterocycles. The van der Waals surface area contributed by atoms with Gasteiger partial charge in [-0.05, 0) is 30.2 Å². The molecule has 2 aliphatic carbocycles. The Balaban J connectivity index is 1.46. The number of Topliss-reactive ketones (excluding diaryl/α,β-unsaturated/α-hetero) is 1. The standard InChI is InChI=1S/C20H25ClF3N3O3S/c1-18(2)13-3-4-19(18,16(28)10-13)12-31(29,30)27-7-5-26(6-8-27)17-15(21)9-14(11-25-17)20(22,23)24/h9,11,13H,3-8,10,12H2,1-2H3/t13-,19+/m0/s1. The number of alkyl halides is 3. The average Bonchev–Trinajstić information content (AvgIpc) is 3.01. The molecule has 2 bridgehead atoms. The van der Waals surface area contributed by atoms with Crippen LogP contribution in [0.4, 0.5) is 19.0 Å². The topological polar surface area (TPSA) is 70.6 Å². The van der Waals surface area contributed by atoms with E-state index >= 15 is 0 Å². The van der Waals surface area contributed by atoms with Gasteiger partial charge in [-0.2, -0.15) is 17.5 Å². The van der Waals surface area contributed by atoms with Crippen LogP contribution >= 0.6 is 11.6 Å². The third kappa shape index (κ3) is 3.64. The SMILES string of the molecule is CC1(C)[C@H]2CC[C@@]1(CS(=O)(=O)N1CCN(c3ncc(C(F)(F)F)cc3Cl)CC1)C(=O)C2. The summed E-state index contributed by atoms with van der Waals surface area (Å²) in [5.74, 6) is 0.314. The van der Waals surface area contributed by atoms with Crippen LogP contribution < -0.4 is 4.90 Å². The number of hydrogen-bond acceptors (Lipinski definition) is 5. The first-order chi connectivity index (χ1) is 14.3. The van der Waals surface area contributed by atoms with Gasteiger partial charge in [0.2, 0.25) is 10.0 Å². The maximum atomic E-state index is 13.2. The summed E-state index contributed by atoms with van der Waals surface area (Å²) in [6.45, 7) is 4.84. The minimum Gasteiger partial charge on any atom is -0.353 e. The lowest BCUT2D eigenvalue weighted by molar-refractivity contribution is -0.137. The van der Waals surface area contributed by atoms with E-state index in [0.29, 0.717) is 12.8 Å². The zero-order chi connectivity index (χ0) is 22.8. The number of aromatic nitrogens is 1. The van der Waals surface area contributed by atoms with Crippen molar-refractivity contribution in [3.8, 4) is 0 Å². The molecule has 172 valence electrons. The molecule has 6 nitrogen and oxygen atoms in total. The van der Waals surface area contributed by atoms with Gasteiger partial charge in [-0.1, -0.05) is 25.4 Å². The van der Waals surface area contributed by atoms with Crippen molar-refractivity contribution in [2.45, 2.75) is 39.3 Å². The summed E-state index contributed by atoms with van der Waals surface area (Å²) in [5.41, 5.74) is -2.09. The highest BCUT2D eigenvalue weighted by molar-refractivity contribution is 7.89. The highest BCUT2D eigenvalue weighted by Crippen LogP contribution is 2.64. The van der Waals surface area contributed by atoms with Crippen LogP contribution in [0.15, 0.2) is 12.3 Å².